The van der Waals surface area contributed by atoms with Gasteiger partial charge in [-0.1, -0.05) is 19.3 Å². The van der Waals surface area contributed by atoms with Gasteiger partial charge in [0.25, 0.3) is 0 Å². The summed E-state index contributed by atoms with van der Waals surface area (Å²) in [5.74, 6) is 1.44. The lowest BCUT2D eigenvalue weighted by atomic mass is 9.85. The second-order valence-corrected chi connectivity index (χ2v) is 8.03. The third kappa shape index (κ3) is 4.82. The van der Waals surface area contributed by atoms with E-state index in [1.54, 1.807) is 0 Å². The van der Waals surface area contributed by atoms with E-state index in [9.17, 15) is 5.11 Å². The van der Waals surface area contributed by atoms with Gasteiger partial charge in [-0.25, -0.2) is 0 Å². The molecule has 0 amide bonds. The van der Waals surface area contributed by atoms with Crippen LogP contribution in [-0.2, 0) is 6.54 Å². The molecule has 0 bridgehead atoms. The SMILES string of the molecule is CN(CCO)C[C@@H]1CN(Cc2cn[nH]c2C2CCCCC2)C[C@@H]1CO. The predicted octanol–water partition coefficient (Wildman–Crippen LogP) is 1.42. The zero-order valence-electron chi connectivity index (χ0n) is 15.5. The van der Waals surface area contributed by atoms with Crippen molar-refractivity contribution in [3.8, 4) is 0 Å². The van der Waals surface area contributed by atoms with E-state index in [-0.39, 0.29) is 13.2 Å². The highest BCUT2D eigenvalue weighted by atomic mass is 16.3. The molecule has 2 fully saturated rings. The van der Waals surface area contributed by atoms with Crippen LogP contribution >= 0.6 is 0 Å². The van der Waals surface area contributed by atoms with E-state index >= 15 is 0 Å². The summed E-state index contributed by atoms with van der Waals surface area (Å²) < 4.78 is 0. The predicted molar refractivity (Wildman–Crippen MR) is 98.3 cm³/mol. The summed E-state index contributed by atoms with van der Waals surface area (Å²) in [7, 11) is 2.05. The Morgan fingerprint density at radius 2 is 1.96 bits per heavy atom. The Kier molecular flexibility index (Phi) is 6.87. The van der Waals surface area contributed by atoms with Crippen molar-refractivity contribution in [1.82, 2.24) is 20.0 Å². The van der Waals surface area contributed by atoms with Crippen LogP contribution in [0.2, 0.25) is 0 Å². The fourth-order valence-electron chi connectivity index (χ4n) is 4.67. The van der Waals surface area contributed by atoms with Crippen LogP contribution in [-0.4, -0.2) is 76.7 Å². The summed E-state index contributed by atoms with van der Waals surface area (Å²) >= 11 is 0. The van der Waals surface area contributed by atoms with Crippen molar-refractivity contribution in [2.24, 2.45) is 11.8 Å². The van der Waals surface area contributed by atoms with Crippen LogP contribution in [0.1, 0.15) is 49.3 Å². The highest BCUT2D eigenvalue weighted by Gasteiger charge is 2.33. The maximum Gasteiger partial charge on any atom is 0.0558 e. The topological polar surface area (TPSA) is 75.6 Å². The van der Waals surface area contributed by atoms with Gasteiger partial charge in [-0.15, -0.1) is 0 Å². The first-order valence-corrected chi connectivity index (χ1v) is 9.86. The zero-order valence-corrected chi connectivity index (χ0v) is 15.5. The maximum absolute atomic E-state index is 9.77. The fourth-order valence-corrected chi connectivity index (χ4v) is 4.67. The third-order valence-electron chi connectivity index (χ3n) is 6.07. The molecular formula is C19H34N4O2. The zero-order chi connectivity index (χ0) is 17.6. The number of aromatic amines is 1. The van der Waals surface area contributed by atoms with E-state index in [0.29, 0.717) is 24.3 Å². The van der Waals surface area contributed by atoms with Crippen molar-refractivity contribution in [1.29, 1.82) is 0 Å². The standard InChI is InChI=1S/C19H34N4O2/c1-22(7-8-24)10-17-12-23(13-18(17)14-25)11-16-9-20-21-19(16)15-5-3-2-4-6-15/h9,15,17-18,24-25H,2-8,10-14H2,1H3,(H,20,21)/t17-,18-/m1/s1. The number of aromatic nitrogens is 2. The van der Waals surface area contributed by atoms with E-state index < -0.39 is 0 Å². The van der Waals surface area contributed by atoms with Crippen LogP contribution in [0.25, 0.3) is 0 Å². The molecule has 1 saturated heterocycles. The molecule has 3 rings (SSSR count). The summed E-state index contributed by atoms with van der Waals surface area (Å²) in [6, 6.07) is 0. The molecule has 142 valence electrons. The second kappa shape index (κ2) is 9.12. The summed E-state index contributed by atoms with van der Waals surface area (Å²) in [5, 5.41) is 26.5. The molecule has 0 spiro atoms. The maximum atomic E-state index is 9.77. The average Bonchev–Trinajstić information content (AvgIpc) is 3.23. The first kappa shape index (κ1) is 18.8. The number of nitrogens with zero attached hydrogens (tertiary/aromatic N) is 3. The van der Waals surface area contributed by atoms with Gasteiger partial charge in [-0.2, -0.15) is 5.10 Å². The molecule has 1 aliphatic heterocycles. The van der Waals surface area contributed by atoms with Gasteiger partial charge in [0.15, 0.2) is 0 Å². The van der Waals surface area contributed by atoms with Gasteiger partial charge in [0.1, 0.15) is 0 Å². The van der Waals surface area contributed by atoms with E-state index in [0.717, 1.165) is 26.2 Å². The Hall–Kier alpha value is -0.950. The molecule has 6 nitrogen and oxygen atoms in total. The molecule has 0 unspecified atom stereocenters. The highest BCUT2D eigenvalue weighted by molar-refractivity contribution is 5.21. The molecule has 2 aliphatic rings. The molecule has 6 heteroatoms. The van der Waals surface area contributed by atoms with Crippen LogP contribution in [0, 0.1) is 11.8 Å². The summed E-state index contributed by atoms with van der Waals surface area (Å²) in [5.41, 5.74) is 2.69. The van der Waals surface area contributed by atoms with Crippen molar-refractivity contribution in [3.05, 3.63) is 17.5 Å². The van der Waals surface area contributed by atoms with Gasteiger partial charge in [-0.05, 0) is 31.7 Å². The smallest absolute Gasteiger partial charge is 0.0558 e. The Balaban J connectivity index is 1.59. The minimum absolute atomic E-state index is 0.191. The van der Waals surface area contributed by atoms with Gasteiger partial charge in [-0.3, -0.25) is 10.00 Å². The first-order chi connectivity index (χ1) is 12.2. The van der Waals surface area contributed by atoms with Crippen LogP contribution in [0.15, 0.2) is 6.20 Å². The molecule has 1 saturated carbocycles. The van der Waals surface area contributed by atoms with Crippen molar-refractivity contribution in [3.63, 3.8) is 0 Å². The molecule has 25 heavy (non-hydrogen) atoms. The number of likely N-dealkylation sites (tertiary alicyclic amines) is 1. The summed E-state index contributed by atoms with van der Waals surface area (Å²) in [6.07, 6.45) is 8.60. The number of hydrogen-bond acceptors (Lipinski definition) is 5. The van der Waals surface area contributed by atoms with E-state index in [2.05, 4.69) is 20.0 Å². The van der Waals surface area contributed by atoms with Gasteiger partial charge in [0.2, 0.25) is 0 Å². The molecule has 1 aromatic rings. The number of likely N-dealkylation sites (N-methyl/N-ethyl adjacent to an activating group) is 1. The van der Waals surface area contributed by atoms with Crippen LogP contribution in [0.5, 0.6) is 0 Å². The lowest BCUT2D eigenvalue weighted by Gasteiger charge is -2.24. The van der Waals surface area contributed by atoms with Crippen LogP contribution in [0.3, 0.4) is 0 Å². The van der Waals surface area contributed by atoms with Crippen molar-refractivity contribution >= 4 is 0 Å². The summed E-state index contributed by atoms with van der Waals surface area (Å²) in [4.78, 5) is 4.64. The first-order valence-electron chi connectivity index (χ1n) is 9.86. The van der Waals surface area contributed by atoms with Crippen molar-refractivity contribution in [2.75, 3.05) is 46.4 Å². The third-order valence-corrected chi connectivity index (χ3v) is 6.07. The molecule has 0 radical (unpaired) electrons. The van der Waals surface area contributed by atoms with Crippen molar-refractivity contribution in [2.45, 2.75) is 44.6 Å². The number of hydrogen-bond donors (Lipinski definition) is 3. The van der Waals surface area contributed by atoms with Gasteiger partial charge < -0.3 is 15.1 Å². The second-order valence-electron chi connectivity index (χ2n) is 8.03. The molecule has 0 aromatic carbocycles. The van der Waals surface area contributed by atoms with E-state index in [4.69, 9.17) is 5.11 Å². The number of aliphatic hydroxyl groups excluding tert-OH is 2. The Morgan fingerprint density at radius 3 is 2.68 bits per heavy atom. The molecule has 2 atom stereocenters. The number of H-pyrrole nitrogens is 1. The Labute approximate surface area is 151 Å². The average molecular weight is 351 g/mol. The van der Waals surface area contributed by atoms with Gasteiger partial charge in [0.05, 0.1) is 12.8 Å². The Morgan fingerprint density at radius 1 is 1.20 bits per heavy atom. The normalized spacial score (nSPS) is 25.9. The highest BCUT2D eigenvalue weighted by Crippen LogP contribution is 2.34. The van der Waals surface area contributed by atoms with E-state index in [1.165, 1.54) is 43.4 Å². The van der Waals surface area contributed by atoms with Crippen LogP contribution in [0.4, 0.5) is 0 Å². The van der Waals surface area contributed by atoms with Crippen molar-refractivity contribution < 1.29 is 10.2 Å². The molecule has 2 heterocycles. The summed E-state index contributed by atoms with van der Waals surface area (Å²) in [6.45, 7) is 4.95. The molecule has 1 aliphatic carbocycles. The van der Waals surface area contributed by atoms with Gasteiger partial charge >= 0.3 is 0 Å². The minimum atomic E-state index is 0.191. The number of aliphatic hydroxyl groups is 2. The lowest BCUT2D eigenvalue weighted by Crippen LogP contribution is -2.33. The monoisotopic (exact) mass is 350 g/mol. The molecule has 3 N–H and O–H groups in total. The number of rotatable bonds is 8. The largest absolute Gasteiger partial charge is 0.396 e. The molecule has 1 aromatic heterocycles. The van der Waals surface area contributed by atoms with Gasteiger partial charge in [0, 0.05) is 56.5 Å². The fraction of sp³-hybridized carbons (Fsp3) is 0.842. The quantitative estimate of drug-likeness (QED) is 0.661. The molecular weight excluding hydrogens is 316 g/mol. The van der Waals surface area contributed by atoms with E-state index in [1.807, 2.05) is 13.2 Å². The van der Waals surface area contributed by atoms with Crippen LogP contribution < -0.4 is 0 Å². The Bertz CT molecular complexity index is 515. The lowest BCUT2D eigenvalue weighted by molar-refractivity contribution is 0.160. The number of nitrogens with one attached hydrogen (secondary N) is 1. The minimum Gasteiger partial charge on any atom is -0.396 e.